The van der Waals surface area contributed by atoms with Gasteiger partial charge >= 0.3 is 0 Å². The van der Waals surface area contributed by atoms with Gasteiger partial charge in [-0.3, -0.25) is 4.99 Å². The van der Waals surface area contributed by atoms with E-state index >= 15 is 0 Å². The first-order chi connectivity index (χ1) is 7.61. The maximum Gasteiger partial charge on any atom is 0.157 e. The largest absolute Gasteiger partial charge is 0.359 e. The molecular weight excluding hydrogens is 238 g/mol. The molecule has 2 rings (SSSR count). The standard InChI is InChI=1S/C11H17N3S2/c1-4-11(3)7-16-10(14-11)12-5-9-6-15-8(2)13-9/h6H,4-5,7H2,1-3H3,(H,12,14). The number of aromatic nitrogens is 1. The summed E-state index contributed by atoms with van der Waals surface area (Å²) in [5.74, 6) is 1.11. The van der Waals surface area contributed by atoms with Gasteiger partial charge in [0.1, 0.15) is 0 Å². The van der Waals surface area contributed by atoms with E-state index in [9.17, 15) is 0 Å². The number of nitrogens with one attached hydrogen (secondary N) is 1. The summed E-state index contributed by atoms with van der Waals surface area (Å²) < 4.78 is 0. The van der Waals surface area contributed by atoms with Gasteiger partial charge in [-0.2, -0.15) is 0 Å². The molecule has 1 aliphatic heterocycles. The SMILES string of the molecule is CCC1(C)CSC(=NCc2csc(C)n2)N1. The molecule has 3 nitrogen and oxygen atoms in total. The van der Waals surface area contributed by atoms with Gasteiger partial charge in [0.05, 0.1) is 17.2 Å². The first kappa shape index (κ1) is 11.9. The topological polar surface area (TPSA) is 37.3 Å². The molecular formula is C11H17N3S2. The molecule has 0 spiro atoms. The third kappa shape index (κ3) is 2.77. The van der Waals surface area contributed by atoms with E-state index in [0.29, 0.717) is 6.54 Å². The highest BCUT2D eigenvalue weighted by molar-refractivity contribution is 8.14. The molecule has 1 N–H and O–H groups in total. The zero-order chi connectivity index (χ0) is 11.6. The van der Waals surface area contributed by atoms with E-state index < -0.39 is 0 Å². The van der Waals surface area contributed by atoms with Crippen LogP contribution in [0.15, 0.2) is 10.4 Å². The summed E-state index contributed by atoms with van der Waals surface area (Å²) in [6.07, 6.45) is 1.13. The molecule has 88 valence electrons. The number of hydrogen-bond acceptors (Lipinski definition) is 4. The maximum absolute atomic E-state index is 4.56. The molecule has 0 bridgehead atoms. The summed E-state index contributed by atoms with van der Waals surface area (Å²) in [6, 6.07) is 0. The molecule has 1 unspecified atom stereocenters. The lowest BCUT2D eigenvalue weighted by atomic mass is 10.0. The van der Waals surface area contributed by atoms with Crippen molar-refractivity contribution >= 4 is 28.3 Å². The molecule has 1 saturated heterocycles. The summed E-state index contributed by atoms with van der Waals surface area (Å²) in [5, 5.41) is 7.74. The van der Waals surface area contributed by atoms with Crippen molar-refractivity contribution in [3.8, 4) is 0 Å². The van der Waals surface area contributed by atoms with Gasteiger partial charge in [-0.15, -0.1) is 11.3 Å². The summed E-state index contributed by atoms with van der Waals surface area (Å²) in [5.41, 5.74) is 1.30. The third-order valence-electron chi connectivity index (χ3n) is 2.77. The molecule has 0 aliphatic carbocycles. The molecule has 5 heteroatoms. The minimum Gasteiger partial charge on any atom is -0.359 e. The Morgan fingerprint density at radius 1 is 1.62 bits per heavy atom. The van der Waals surface area contributed by atoms with Gasteiger partial charge in [-0.1, -0.05) is 18.7 Å². The lowest BCUT2D eigenvalue weighted by Crippen LogP contribution is -2.39. The van der Waals surface area contributed by atoms with Crippen LogP contribution < -0.4 is 5.32 Å². The second-order valence-electron chi connectivity index (χ2n) is 4.31. The van der Waals surface area contributed by atoms with E-state index in [2.05, 4.69) is 34.5 Å². The molecule has 0 saturated carbocycles. The van der Waals surface area contributed by atoms with Crippen molar-refractivity contribution < 1.29 is 0 Å². The predicted octanol–water partition coefficient (Wildman–Crippen LogP) is 2.81. The second-order valence-corrected chi connectivity index (χ2v) is 6.33. The van der Waals surface area contributed by atoms with Crippen molar-refractivity contribution in [3.63, 3.8) is 0 Å². The molecule has 0 aromatic carbocycles. The van der Waals surface area contributed by atoms with Gasteiger partial charge < -0.3 is 5.32 Å². The minimum atomic E-state index is 0.224. The highest BCUT2D eigenvalue weighted by Crippen LogP contribution is 2.25. The summed E-state index contributed by atoms with van der Waals surface area (Å²) in [4.78, 5) is 8.97. The Balaban J connectivity index is 1.95. The van der Waals surface area contributed by atoms with Crippen LogP contribution in [0.2, 0.25) is 0 Å². The lowest BCUT2D eigenvalue weighted by Gasteiger charge is -2.20. The lowest BCUT2D eigenvalue weighted by molar-refractivity contribution is 0.466. The minimum absolute atomic E-state index is 0.224. The average molecular weight is 255 g/mol. The zero-order valence-electron chi connectivity index (χ0n) is 9.91. The van der Waals surface area contributed by atoms with Gasteiger partial charge in [0.25, 0.3) is 0 Å². The van der Waals surface area contributed by atoms with Crippen molar-refractivity contribution in [1.82, 2.24) is 10.3 Å². The number of amidine groups is 1. The molecule has 1 aliphatic rings. The van der Waals surface area contributed by atoms with Gasteiger partial charge in [0.15, 0.2) is 5.17 Å². The summed E-state index contributed by atoms with van der Waals surface area (Å²) in [6.45, 7) is 7.17. The molecule has 0 radical (unpaired) electrons. The van der Waals surface area contributed by atoms with Gasteiger partial charge in [-0.05, 0) is 20.3 Å². The number of hydrogen-bond donors (Lipinski definition) is 1. The number of aliphatic imine (C=N–C) groups is 1. The Kier molecular flexibility index (Phi) is 3.54. The number of thiazole rings is 1. The van der Waals surface area contributed by atoms with Crippen LogP contribution in [0, 0.1) is 6.92 Å². The van der Waals surface area contributed by atoms with E-state index in [0.717, 1.165) is 28.0 Å². The molecule has 2 heterocycles. The number of aryl methyl sites for hydroxylation is 1. The maximum atomic E-state index is 4.56. The molecule has 1 fully saturated rings. The summed E-state index contributed by atoms with van der Waals surface area (Å²) in [7, 11) is 0. The fraction of sp³-hybridized carbons (Fsp3) is 0.636. The van der Waals surface area contributed by atoms with Crippen LogP contribution in [-0.2, 0) is 6.54 Å². The highest BCUT2D eigenvalue weighted by Gasteiger charge is 2.30. The van der Waals surface area contributed by atoms with E-state index in [1.807, 2.05) is 18.7 Å². The van der Waals surface area contributed by atoms with Crippen LogP contribution in [0.4, 0.5) is 0 Å². The fourth-order valence-corrected chi connectivity index (χ4v) is 3.28. The van der Waals surface area contributed by atoms with Crippen LogP contribution in [0.5, 0.6) is 0 Å². The van der Waals surface area contributed by atoms with Crippen molar-refractivity contribution in [3.05, 3.63) is 16.1 Å². The molecule has 1 aromatic heterocycles. The zero-order valence-corrected chi connectivity index (χ0v) is 11.5. The Labute approximate surface area is 105 Å². The van der Waals surface area contributed by atoms with Crippen LogP contribution >= 0.6 is 23.1 Å². The van der Waals surface area contributed by atoms with Gasteiger partial charge in [-0.25, -0.2) is 4.98 Å². The normalized spacial score (nSPS) is 27.3. The number of thioether (sulfide) groups is 1. The van der Waals surface area contributed by atoms with Crippen molar-refractivity contribution in [2.45, 2.75) is 39.3 Å². The summed E-state index contributed by atoms with van der Waals surface area (Å²) >= 11 is 3.50. The molecule has 0 amide bonds. The number of rotatable bonds is 3. The van der Waals surface area contributed by atoms with Crippen LogP contribution in [-0.4, -0.2) is 21.4 Å². The average Bonchev–Trinajstić information content (AvgIpc) is 2.83. The highest BCUT2D eigenvalue weighted by atomic mass is 32.2. The van der Waals surface area contributed by atoms with E-state index in [1.165, 1.54) is 0 Å². The first-order valence-electron chi connectivity index (χ1n) is 5.48. The Morgan fingerprint density at radius 2 is 2.44 bits per heavy atom. The number of nitrogens with zero attached hydrogens (tertiary/aromatic N) is 2. The van der Waals surface area contributed by atoms with Crippen LogP contribution in [0.3, 0.4) is 0 Å². The third-order valence-corrected chi connectivity index (χ3v) is 4.88. The van der Waals surface area contributed by atoms with Crippen molar-refractivity contribution in [1.29, 1.82) is 0 Å². The van der Waals surface area contributed by atoms with Crippen LogP contribution in [0.25, 0.3) is 0 Å². The monoisotopic (exact) mass is 255 g/mol. The van der Waals surface area contributed by atoms with E-state index in [4.69, 9.17) is 0 Å². The molecule has 1 atom stereocenters. The predicted molar refractivity (Wildman–Crippen MR) is 72.3 cm³/mol. The smallest absolute Gasteiger partial charge is 0.157 e. The van der Waals surface area contributed by atoms with Gasteiger partial charge in [0.2, 0.25) is 0 Å². The van der Waals surface area contributed by atoms with E-state index in [-0.39, 0.29) is 5.54 Å². The van der Waals surface area contributed by atoms with Crippen LogP contribution in [0.1, 0.15) is 31.0 Å². The molecule has 1 aromatic rings. The fourth-order valence-electron chi connectivity index (χ4n) is 1.47. The molecule has 16 heavy (non-hydrogen) atoms. The second kappa shape index (κ2) is 4.75. The van der Waals surface area contributed by atoms with Crippen molar-refractivity contribution in [2.75, 3.05) is 5.75 Å². The van der Waals surface area contributed by atoms with Gasteiger partial charge in [0, 0.05) is 16.7 Å². The Morgan fingerprint density at radius 3 is 3.00 bits per heavy atom. The Bertz CT molecular complexity index is 400. The van der Waals surface area contributed by atoms with Crippen molar-refractivity contribution in [2.24, 2.45) is 4.99 Å². The first-order valence-corrected chi connectivity index (χ1v) is 7.34. The van der Waals surface area contributed by atoms with E-state index in [1.54, 1.807) is 11.3 Å². The quantitative estimate of drug-likeness (QED) is 0.902. The Hall–Kier alpha value is -0.550.